The van der Waals surface area contributed by atoms with Crippen molar-refractivity contribution in [1.29, 1.82) is 0 Å². The highest BCUT2D eigenvalue weighted by Crippen LogP contribution is 2.33. The number of carbonyl (C=O) groups is 1. The van der Waals surface area contributed by atoms with Gasteiger partial charge in [0.2, 0.25) is 0 Å². The van der Waals surface area contributed by atoms with Crippen LogP contribution in [0, 0.1) is 0 Å². The van der Waals surface area contributed by atoms with Crippen LogP contribution in [0.15, 0.2) is 23.3 Å². The molecular formula is C13H20O2. The number of rotatable bonds is 5. The molecule has 0 aromatic heterocycles. The number of hydrogen-bond donors (Lipinski definition) is 1. The van der Waals surface area contributed by atoms with E-state index >= 15 is 0 Å². The van der Waals surface area contributed by atoms with Crippen molar-refractivity contribution in [2.45, 2.75) is 52.1 Å². The third-order valence-corrected chi connectivity index (χ3v) is 2.91. The first kappa shape index (κ1) is 12.2. The highest BCUT2D eigenvalue weighted by atomic mass is 16.3. The van der Waals surface area contributed by atoms with Crippen LogP contribution in [-0.4, -0.2) is 17.0 Å². The maximum atomic E-state index is 11.8. The summed E-state index contributed by atoms with van der Waals surface area (Å²) in [7, 11) is 0. The van der Waals surface area contributed by atoms with Crippen LogP contribution in [0.4, 0.5) is 0 Å². The molecule has 0 aliphatic heterocycles. The molecule has 0 aromatic rings. The Balaban J connectivity index is 2.89. The zero-order valence-electron chi connectivity index (χ0n) is 9.68. The minimum Gasteiger partial charge on any atom is -0.384 e. The van der Waals surface area contributed by atoms with Crippen molar-refractivity contribution < 1.29 is 9.90 Å². The van der Waals surface area contributed by atoms with Crippen molar-refractivity contribution >= 4 is 5.78 Å². The molecule has 0 saturated carbocycles. The standard InChI is InChI=1S/C13H20O2/c1-4-6-8-11-10(7-5-2)12(14)9(3)13(11)15/h12,14H,3-8H2,1-2H3. The normalized spacial score (nSPS) is 21.7. The lowest BCUT2D eigenvalue weighted by atomic mass is 10.0. The van der Waals surface area contributed by atoms with Crippen molar-refractivity contribution in [3.8, 4) is 0 Å². The molecule has 1 rings (SSSR count). The zero-order chi connectivity index (χ0) is 11.4. The van der Waals surface area contributed by atoms with Gasteiger partial charge in [-0.05, 0) is 24.8 Å². The lowest BCUT2D eigenvalue weighted by Crippen LogP contribution is -2.09. The number of aliphatic hydroxyl groups excluding tert-OH is 1. The molecule has 1 aliphatic rings. The van der Waals surface area contributed by atoms with Crippen molar-refractivity contribution in [2.75, 3.05) is 0 Å². The smallest absolute Gasteiger partial charge is 0.187 e. The SMILES string of the molecule is C=C1C(=O)C(CCCC)=C(CCC)C1O. The summed E-state index contributed by atoms with van der Waals surface area (Å²) in [4.78, 5) is 11.8. The molecule has 0 heterocycles. The fourth-order valence-electron chi connectivity index (χ4n) is 2.02. The van der Waals surface area contributed by atoms with Gasteiger partial charge in [-0.15, -0.1) is 0 Å². The van der Waals surface area contributed by atoms with Crippen LogP contribution in [0.3, 0.4) is 0 Å². The molecule has 84 valence electrons. The molecule has 1 unspecified atom stereocenters. The van der Waals surface area contributed by atoms with Crippen molar-refractivity contribution in [2.24, 2.45) is 0 Å². The van der Waals surface area contributed by atoms with E-state index in [1.165, 1.54) is 0 Å². The molecule has 1 N–H and O–H groups in total. The van der Waals surface area contributed by atoms with E-state index in [2.05, 4.69) is 20.4 Å². The van der Waals surface area contributed by atoms with E-state index in [0.29, 0.717) is 5.57 Å². The van der Waals surface area contributed by atoms with E-state index in [1.807, 2.05) is 0 Å². The molecule has 1 atom stereocenters. The van der Waals surface area contributed by atoms with Gasteiger partial charge in [0.15, 0.2) is 5.78 Å². The zero-order valence-corrected chi connectivity index (χ0v) is 9.68. The second kappa shape index (κ2) is 5.26. The molecular weight excluding hydrogens is 188 g/mol. The summed E-state index contributed by atoms with van der Waals surface area (Å²) in [5, 5.41) is 9.85. The quantitative estimate of drug-likeness (QED) is 0.705. The average Bonchev–Trinajstić information content (AvgIpc) is 2.42. The third-order valence-electron chi connectivity index (χ3n) is 2.91. The van der Waals surface area contributed by atoms with Crippen LogP contribution in [0.5, 0.6) is 0 Å². The predicted octanol–water partition coefficient (Wildman–Crippen LogP) is 2.77. The van der Waals surface area contributed by atoms with Gasteiger partial charge in [-0.1, -0.05) is 33.3 Å². The Kier molecular flexibility index (Phi) is 4.28. The molecule has 1 aliphatic carbocycles. The highest BCUT2D eigenvalue weighted by molar-refractivity contribution is 6.12. The Morgan fingerprint density at radius 3 is 2.47 bits per heavy atom. The largest absolute Gasteiger partial charge is 0.384 e. The van der Waals surface area contributed by atoms with Crippen LogP contribution in [-0.2, 0) is 4.79 Å². The van der Waals surface area contributed by atoms with Gasteiger partial charge in [-0.2, -0.15) is 0 Å². The van der Waals surface area contributed by atoms with Crippen molar-refractivity contribution in [1.82, 2.24) is 0 Å². The first-order valence-electron chi connectivity index (χ1n) is 5.76. The van der Waals surface area contributed by atoms with E-state index < -0.39 is 6.10 Å². The molecule has 0 radical (unpaired) electrons. The lowest BCUT2D eigenvalue weighted by Gasteiger charge is -2.08. The number of hydrogen-bond acceptors (Lipinski definition) is 2. The van der Waals surface area contributed by atoms with Crippen molar-refractivity contribution in [3.63, 3.8) is 0 Å². The average molecular weight is 208 g/mol. The number of allylic oxidation sites excluding steroid dienone is 1. The van der Waals surface area contributed by atoms with Gasteiger partial charge in [0.1, 0.15) is 6.10 Å². The fraction of sp³-hybridized carbons (Fsp3) is 0.615. The van der Waals surface area contributed by atoms with Crippen LogP contribution in [0.25, 0.3) is 0 Å². The third kappa shape index (κ3) is 2.37. The summed E-state index contributed by atoms with van der Waals surface area (Å²) in [6, 6.07) is 0. The minimum absolute atomic E-state index is 0.0144. The molecule has 15 heavy (non-hydrogen) atoms. The fourth-order valence-corrected chi connectivity index (χ4v) is 2.02. The molecule has 2 nitrogen and oxygen atoms in total. The van der Waals surface area contributed by atoms with E-state index in [9.17, 15) is 9.90 Å². The summed E-state index contributed by atoms with van der Waals surface area (Å²) in [6.07, 6.45) is 3.94. The second-order valence-electron chi connectivity index (χ2n) is 4.11. The molecule has 0 saturated heterocycles. The number of carbonyl (C=O) groups excluding carboxylic acids is 1. The predicted molar refractivity (Wildman–Crippen MR) is 61.6 cm³/mol. The van der Waals surface area contributed by atoms with Crippen LogP contribution < -0.4 is 0 Å². The summed E-state index contributed by atoms with van der Waals surface area (Å²) in [5.74, 6) is -0.0144. The van der Waals surface area contributed by atoms with E-state index in [0.717, 1.165) is 43.3 Å². The summed E-state index contributed by atoms with van der Waals surface area (Å²) in [6.45, 7) is 7.83. The summed E-state index contributed by atoms with van der Waals surface area (Å²) < 4.78 is 0. The maximum absolute atomic E-state index is 11.8. The monoisotopic (exact) mass is 208 g/mol. The minimum atomic E-state index is -0.704. The van der Waals surface area contributed by atoms with Crippen LogP contribution in [0.2, 0.25) is 0 Å². The lowest BCUT2D eigenvalue weighted by molar-refractivity contribution is -0.112. The van der Waals surface area contributed by atoms with Crippen LogP contribution in [0.1, 0.15) is 46.0 Å². The highest BCUT2D eigenvalue weighted by Gasteiger charge is 2.32. The summed E-state index contributed by atoms with van der Waals surface area (Å²) >= 11 is 0. The van der Waals surface area contributed by atoms with Gasteiger partial charge in [0, 0.05) is 11.1 Å². The summed E-state index contributed by atoms with van der Waals surface area (Å²) in [5.41, 5.74) is 2.11. The Labute approximate surface area is 91.7 Å². The first-order valence-corrected chi connectivity index (χ1v) is 5.76. The van der Waals surface area contributed by atoms with Gasteiger partial charge in [0.25, 0.3) is 0 Å². The maximum Gasteiger partial charge on any atom is 0.187 e. The van der Waals surface area contributed by atoms with E-state index in [1.54, 1.807) is 0 Å². The Bertz CT molecular complexity index is 300. The number of aliphatic hydroxyl groups is 1. The number of Topliss-reactive ketones (excluding diaryl/α,β-unsaturated/α-hetero) is 1. The van der Waals surface area contributed by atoms with Crippen LogP contribution >= 0.6 is 0 Å². The molecule has 0 fully saturated rings. The van der Waals surface area contributed by atoms with Crippen molar-refractivity contribution in [3.05, 3.63) is 23.3 Å². The number of ketones is 1. The Hall–Kier alpha value is -0.890. The van der Waals surface area contributed by atoms with Gasteiger partial charge in [0.05, 0.1) is 0 Å². The molecule has 2 heteroatoms. The first-order chi connectivity index (χ1) is 7.13. The second-order valence-corrected chi connectivity index (χ2v) is 4.11. The Morgan fingerprint density at radius 1 is 1.27 bits per heavy atom. The number of unbranched alkanes of at least 4 members (excludes halogenated alkanes) is 1. The van der Waals surface area contributed by atoms with E-state index in [-0.39, 0.29) is 5.78 Å². The van der Waals surface area contributed by atoms with Gasteiger partial charge < -0.3 is 5.11 Å². The van der Waals surface area contributed by atoms with Gasteiger partial charge >= 0.3 is 0 Å². The molecule has 0 spiro atoms. The van der Waals surface area contributed by atoms with E-state index in [4.69, 9.17) is 0 Å². The topological polar surface area (TPSA) is 37.3 Å². The Morgan fingerprint density at radius 2 is 1.93 bits per heavy atom. The molecule has 0 aromatic carbocycles. The molecule has 0 bridgehead atoms. The molecule has 0 amide bonds. The van der Waals surface area contributed by atoms with Gasteiger partial charge in [-0.3, -0.25) is 4.79 Å². The van der Waals surface area contributed by atoms with Gasteiger partial charge in [-0.25, -0.2) is 0 Å².